The predicted molar refractivity (Wildman–Crippen MR) is 77.7 cm³/mol. The minimum Gasteiger partial charge on any atom is -0.389 e. The Morgan fingerprint density at radius 2 is 1.50 bits per heavy atom. The van der Waals surface area contributed by atoms with Crippen LogP contribution in [0.15, 0.2) is 0 Å². The summed E-state index contributed by atoms with van der Waals surface area (Å²) in [5.41, 5.74) is -0.181. The van der Waals surface area contributed by atoms with Gasteiger partial charge in [-0.3, -0.25) is 0 Å². The molecule has 0 aromatic rings. The summed E-state index contributed by atoms with van der Waals surface area (Å²) in [6.45, 7) is 17.0. The lowest BCUT2D eigenvalue weighted by atomic mass is 9.85. The highest BCUT2D eigenvalue weighted by Gasteiger charge is 2.18. The number of aliphatic hydroxyl groups excluding tert-OH is 1. The number of ether oxygens (including phenoxy) is 1. The molecule has 0 bridgehead atoms. The number of nitrogens with one attached hydrogen (secondary N) is 1. The summed E-state index contributed by atoms with van der Waals surface area (Å²) in [4.78, 5) is 0. The molecular formula is C15H33NO2. The van der Waals surface area contributed by atoms with Gasteiger partial charge in [0.2, 0.25) is 0 Å². The van der Waals surface area contributed by atoms with Crippen molar-refractivity contribution in [1.29, 1.82) is 0 Å². The van der Waals surface area contributed by atoms with E-state index < -0.39 is 6.10 Å². The maximum atomic E-state index is 9.82. The SMILES string of the molecule is CC(C)C(CNCC(O)COC(C)(C)C)C(C)C. The summed E-state index contributed by atoms with van der Waals surface area (Å²) in [5.74, 6) is 1.99. The molecule has 1 unspecified atom stereocenters. The van der Waals surface area contributed by atoms with E-state index in [2.05, 4.69) is 33.0 Å². The molecule has 2 N–H and O–H groups in total. The van der Waals surface area contributed by atoms with Crippen molar-refractivity contribution in [2.75, 3.05) is 19.7 Å². The van der Waals surface area contributed by atoms with Crippen LogP contribution in [0.2, 0.25) is 0 Å². The molecule has 0 aliphatic rings. The van der Waals surface area contributed by atoms with Gasteiger partial charge in [0.1, 0.15) is 0 Å². The summed E-state index contributed by atoms with van der Waals surface area (Å²) in [6, 6.07) is 0. The highest BCUT2D eigenvalue weighted by Crippen LogP contribution is 2.19. The van der Waals surface area contributed by atoms with Crippen LogP contribution >= 0.6 is 0 Å². The molecular weight excluding hydrogens is 226 g/mol. The fourth-order valence-electron chi connectivity index (χ4n) is 2.06. The minimum atomic E-state index is -0.427. The Balaban J connectivity index is 3.82. The lowest BCUT2D eigenvalue weighted by Crippen LogP contribution is -2.37. The Morgan fingerprint density at radius 1 is 1.00 bits per heavy atom. The second kappa shape index (κ2) is 8.13. The lowest BCUT2D eigenvalue weighted by Gasteiger charge is -2.26. The van der Waals surface area contributed by atoms with Gasteiger partial charge in [0.25, 0.3) is 0 Å². The van der Waals surface area contributed by atoms with Crippen LogP contribution in [-0.2, 0) is 4.74 Å². The highest BCUT2D eigenvalue weighted by molar-refractivity contribution is 4.71. The van der Waals surface area contributed by atoms with Gasteiger partial charge < -0.3 is 15.2 Å². The lowest BCUT2D eigenvalue weighted by molar-refractivity contribution is -0.0481. The van der Waals surface area contributed by atoms with Crippen LogP contribution in [0.1, 0.15) is 48.5 Å². The van der Waals surface area contributed by atoms with Crippen molar-refractivity contribution >= 4 is 0 Å². The van der Waals surface area contributed by atoms with Crippen LogP contribution in [-0.4, -0.2) is 36.5 Å². The van der Waals surface area contributed by atoms with E-state index in [0.29, 0.717) is 30.9 Å². The minimum absolute atomic E-state index is 0.181. The third kappa shape index (κ3) is 8.90. The quantitative estimate of drug-likeness (QED) is 0.704. The molecule has 0 aliphatic heterocycles. The normalized spacial score (nSPS) is 14.8. The van der Waals surface area contributed by atoms with Crippen molar-refractivity contribution < 1.29 is 9.84 Å². The molecule has 3 nitrogen and oxygen atoms in total. The van der Waals surface area contributed by atoms with E-state index in [1.165, 1.54) is 0 Å². The molecule has 0 amide bonds. The maximum Gasteiger partial charge on any atom is 0.0897 e. The first kappa shape index (κ1) is 17.9. The van der Waals surface area contributed by atoms with E-state index in [4.69, 9.17) is 4.74 Å². The molecule has 0 saturated heterocycles. The van der Waals surface area contributed by atoms with Gasteiger partial charge in [0.05, 0.1) is 18.3 Å². The standard InChI is InChI=1S/C15H33NO2/c1-11(2)14(12(3)4)9-16-8-13(17)10-18-15(5,6)7/h11-14,16-17H,8-10H2,1-7H3. The summed E-state index contributed by atoms with van der Waals surface area (Å²) in [6.07, 6.45) is -0.427. The molecule has 0 heterocycles. The van der Waals surface area contributed by atoms with Gasteiger partial charge in [-0.25, -0.2) is 0 Å². The largest absolute Gasteiger partial charge is 0.389 e. The number of aliphatic hydroxyl groups is 1. The first-order chi connectivity index (χ1) is 8.13. The van der Waals surface area contributed by atoms with Crippen LogP contribution in [0, 0.1) is 17.8 Å². The molecule has 3 heteroatoms. The zero-order chi connectivity index (χ0) is 14.3. The van der Waals surface area contributed by atoms with Crippen LogP contribution in [0.25, 0.3) is 0 Å². The molecule has 1 atom stereocenters. The Morgan fingerprint density at radius 3 is 1.89 bits per heavy atom. The Hall–Kier alpha value is -0.120. The first-order valence-corrected chi connectivity index (χ1v) is 7.16. The number of hydrogen-bond donors (Lipinski definition) is 2. The monoisotopic (exact) mass is 259 g/mol. The van der Waals surface area contributed by atoms with Crippen LogP contribution in [0.5, 0.6) is 0 Å². The van der Waals surface area contributed by atoms with Crippen molar-refractivity contribution in [1.82, 2.24) is 5.32 Å². The molecule has 0 fully saturated rings. The predicted octanol–water partition coefficient (Wildman–Crippen LogP) is 2.68. The fourth-order valence-corrected chi connectivity index (χ4v) is 2.06. The molecule has 0 saturated carbocycles. The summed E-state index contributed by atoms with van der Waals surface area (Å²) < 4.78 is 5.55. The van der Waals surface area contributed by atoms with E-state index >= 15 is 0 Å². The van der Waals surface area contributed by atoms with Crippen LogP contribution in [0.4, 0.5) is 0 Å². The topological polar surface area (TPSA) is 41.5 Å². The molecule has 0 radical (unpaired) electrons. The van der Waals surface area contributed by atoms with Gasteiger partial charge in [0, 0.05) is 6.54 Å². The second-order valence-corrected chi connectivity index (χ2v) is 6.89. The second-order valence-electron chi connectivity index (χ2n) is 6.89. The van der Waals surface area contributed by atoms with Gasteiger partial charge >= 0.3 is 0 Å². The summed E-state index contributed by atoms with van der Waals surface area (Å²) >= 11 is 0. The van der Waals surface area contributed by atoms with Crippen molar-refractivity contribution in [3.63, 3.8) is 0 Å². The van der Waals surface area contributed by atoms with Gasteiger partial charge in [-0.15, -0.1) is 0 Å². The van der Waals surface area contributed by atoms with Gasteiger partial charge in [0.15, 0.2) is 0 Å². The van der Waals surface area contributed by atoms with Crippen molar-refractivity contribution in [2.24, 2.45) is 17.8 Å². The summed E-state index contributed by atoms with van der Waals surface area (Å²) in [7, 11) is 0. The van der Waals surface area contributed by atoms with Crippen LogP contribution < -0.4 is 5.32 Å². The Kier molecular flexibility index (Phi) is 8.08. The third-order valence-corrected chi connectivity index (χ3v) is 3.18. The molecule has 110 valence electrons. The Bertz CT molecular complexity index is 201. The van der Waals surface area contributed by atoms with Crippen molar-refractivity contribution in [3.8, 4) is 0 Å². The zero-order valence-corrected chi connectivity index (χ0v) is 13.3. The number of hydrogen-bond acceptors (Lipinski definition) is 3. The smallest absolute Gasteiger partial charge is 0.0897 e. The first-order valence-electron chi connectivity index (χ1n) is 7.16. The highest BCUT2D eigenvalue weighted by atomic mass is 16.5. The van der Waals surface area contributed by atoms with E-state index in [9.17, 15) is 5.11 Å². The van der Waals surface area contributed by atoms with Gasteiger partial charge in [-0.1, -0.05) is 27.7 Å². The van der Waals surface area contributed by atoms with Gasteiger partial charge in [-0.05, 0) is 45.1 Å². The van der Waals surface area contributed by atoms with E-state index in [-0.39, 0.29) is 5.60 Å². The average Bonchev–Trinajstić information content (AvgIpc) is 2.19. The van der Waals surface area contributed by atoms with E-state index in [1.54, 1.807) is 0 Å². The number of rotatable bonds is 8. The van der Waals surface area contributed by atoms with E-state index in [1.807, 2.05) is 20.8 Å². The molecule has 0 aromatic heterocycles. The van der Waals surface area contributed by atoms with Crippen LogP contribution in [0.3, 0.4) is 0 Å². The third-order valence-electron chi connectivity index (χ3n) is 3.18. The van der Waals surface area contributed by atoms with Gasteiger partial charge in [-0.2, -0.15) is 0 Å². The van der Waals surface area contributed by atoms with Crippen molar-refractivity contribution in [3.05, 3.63) is 0 Å². The fraction of sp³-hybridized carbons (Fsp3) is 1.00. The zero-order valence-electron chi connectivity index (χ0n) is 13.3. The van der Waals surface area contributed by atoms with Crippen molar-refractivity contribution in [2.45, 2.75) is 60.2 Å². The average molecular weight is 259 g/mol. The van der Waals surface area contributed by atoms with E-state index in [0.717, 1.165) is 6.54 Å². The molecule has 0 rings (SSSR count). The Labute approximate surface area is 113 Å². The summed E-state index contributed by atoms with van der Waals surface area (Å²) in [5, 5.41) is 13.2. The molecule has 18 heavy (non-hydrogen) atoms. The maximum absolute atomic E-state index is 9.82. The molecule has 0 spiro atoms. The molecule has 0 aromatic carbocycles. The molecule has 0 aliphatic carbocycles.